The lowest BCUT2D eigenvalue weighted by atomic mass is 10.2. The van der Waals surface area contributed by atoms with Crippen LogP contribution in [0.1, 0.15) is 13.3 Å². The summed E-state index contributed by atoms with van der Waals surface area (Å²) in [5.74, 6) is -0.0903. The van der Waals surface area contributed by atoms with Crippen molar-refractivity contribution in [3.05, 3.63) is 0 Å². The van der Waals surface area contributed by atoms with Gasteiger partial charge < -0.3 is 11.1 Å². The topological polar surface area (TPSA) is 55.1 Å². The summed E-state index contributed by atoms with van der Waals surface area (Å²) < 4.78 is 0. The van der Waals surface area contributed by atoms with Gasteiger partial charge >= 0.3 is 0 Å². The zero-order valence-electron chi connectivity index (χ0n) is 5.27. The molecule has 0 heterocycles. The molecule has 0 aliphatic rings. The van der Waals surface area contributed by atoms with Crippen LogP contribution in [-0.2, 0) is 4.79 Å². The Bertz CT molecular complexity index is 82.5. The molecule has 1 atom stereocenters. The largest absolute Gasteiger partial charge is 0.358 e. The molecule has 0 fully saturated rings. The summed E-state index contributed by atoms with van der Waals surface area (Å²) in [6.07, 6.45) is 0.694. The van der Waals surface area contributed by atoms with Crippen molar-refractivity contribution >= 4 is 5.91 Å². The zero-order valence-corrected chi connectivity index (χ0v) is 5.27. The van der Waals surface area contributed by atoms with Gasteiger partial charge in [0.25, 0.3) is 0 Å². The monoisotopic (exact) mass is 116 g/mol. The first-order chi connectivity index (χ1) is 3.72. The molecule has 0 spiro atoms. The Kier molecular flexibility index (Phi) is 3.19. The molecular weight excluding hydrogens is 104 g/mol. The number of nitrogens with one attached hydrogen (secondary N) is 1. The van der Waals surface area contributed by atoms with Crippen LogP contribution in [0.3, 0.4) is 0 Å². The molecule has 0 aromatic heterocycles. The molecule has 0 aromatic rings. The third-order valence-electron chi connectivity index (χ3n) is 1.02. The minimum Gasteiger partial charge on any atom is -0.358 e. The van der Waals surface area contributed by atoms with E-state index in [1.165, 1.54) is 0 Å². The number of carbonyl (C=O) groups is 1. The van der Waals surface area contributed by atoms with Crippen molar-refractivity contribution < 1.29 is 4.79 Å². The first-order valence-corrected chi connectivity index (χ1v) is 2.69. The van der Waals surface area contributed by atoms with Gasteiger partial charge in [0.05, 0.1) is 6.04 Å². The second-order valence-electron chi connectivity index (χ2n) is 1.63. The second-order valence-corrected chi connectivity index (χ2v) is 1.63. The maximum atomic E-state index is 10.5. The minimum absolute atomic E-state index is 0.0903. The van der Waals surface area contributed by atoms with Gasteiger partial charge in [-0.2, -0.15) is 0 Å². The maximum absolute atomic E-state index is 10.5. The Morgan fingerprint density at radius 2 is 2.38 bits per heavy atom. The Labute approximate surface area is 49.3 Å². The summed E-state index contributed by atoms with van der Waals surface area (Å²) in [7, 11) is 1.58. The first kappa shape index (κ1) is 7.43. The van der Waals surface area contributed by atoms with E-state index in [4.69, 9.17) is 5.73 Å². The van der Waals surface area contributed by atoms with E-state index in [2.05, 4.69) is 5.32 Å². The summed E-state index contributed by atoms with van der Waals surface area (Å²) in [5.41, 5.74) is 5.31. The number of hydrogen-bond donors (Lipinski definition) is 2. The average molecular weight is 116 g/mol. The highest BCUT2D eigenvalue weighted by Gasteiger charge is 2.06. The quantitative estimate of drug-likeness (QED) is 0.509. The lowest BCUT2D eigenvalue weighted by Crippen LogP contribution is -2.37. The molecule has 0 bridgehead atoms. The van der Waals surface area contributed by atoms with Crippen LogP contribution >= 0.6 is 0 Å². The van der Waals surface area contributed by atoms with Gasteiger partial charge in [-0.1, -0.05) is 6.92 Å². The lowest BCUT2D eigenvalue weighted by molar-refractivity contribution is -0.121. The van der Waals surface area contributed by atoms with Gasteiger partial charge in [-0.05, 0) is 6.42 Å². The highest BCUT2D eigenvalue weighted by molar-refractivity contribution is 5.80. The predicted molar refractivity (Wildman–Crippen MR) is 32.3 cm³/mol. The van der Waals surface area contributed by atoms with Gasteiger partial charge in [0.1, 0.15) is 0 Å². The fourth-order valence-electron chi connectivity index (χ4n) is 0.371. The molecule has 1 amide bonds. The van der Waals surface area contributed by atoms with Crippen LogP contribution < -0.4 is 11.1 Å². The summed E-state index contributed by atoms with van der Waals surface area (Å²) >= 11 is 0. The van der Waals surface area contributed by atoms with Crippen LogP contribution in [-0.4, -0.2) is 19.0 Å². The third kappa shape index (κ3) is 1.93. The van der Waals surface area contributed by atoms with Crippen molar-refractivity contribution in [1.82, 2.24) is 5.32 Å². The van der Waals surface area contributed by atoms with Crippen LogP contribution in [0, 0.1) is 0 Å². The molecule has 8 heavy (non-hydrogen) atoms. The van der Waals surface area contributed by atoms with E-state index in [-0.39, 0.29) is 11.9 Å². The van der Waals surface area contributed by atoms with Crippen LogP contribution in [0.2, 0.25) is 0 Å². The Balaban J connectivity index is 3.46. The maximum Gasteiger partial charge on any atom is 0.236 e. The third-order valence-corrected chi connectivity index (χ3v) is 1.02. The molecule has 48 valence electrons. The van der Waals surface area contributed by atoms with Gasteiger partial charge in [-0.25, -0.2) is 0 Å². The van der Waals surface area contributed by atoms with Gasteiger partial charge in [0.2, 0.25) is 5.91 Å². The Morgan fingerprint density at radius 3 is 2.50 bits per heavy atom. The summed E-state index contributed by atoms with van der Waals surface area (Å²) in [6, 6.07) is -0.333. The molecule has 0 rings (SSSR count). The zero-order chi connectivity index (χ0) is 6.57. The van der Waals surface area contributed by atoms with E-state index in [1.807, 2.05) is 6.92 Å². The van der Waals surface area contributed by atoms with Crippen molar-refractivity contribution in [2.75, 3.05) is 7.05 Å². The Morgan fingerprint density at radius 1 is 1.88 bits per heavy atom. The molecule has 3 N–H and O–H groups in total. The van der Waals surface area contributed by atoms with Gasteiger partial charge in [-0.3, -0.25) is 4.79 Å². The fraction of sp³-hybridized carbons (Fsp3) is 0.800. The van der Waals surface area contributed by atoms with Gasteiger partial charge in [0, 0.05) is 7.05 Å². The average Bonchev–Trinajstić information content (AvgIpc) is 1.84. The van der Waals surface area contributed by atoms with Crippen LogP contribution in [0.25, 0.3) is 0 Å². The fourth-order valence-corrected chi connectivity index (χ4v) is 0.371. The second kappa shape index (κ2) is 3.43. The highest BCUT2D eigenvalue weighted by Crippen LogP contribution is 1.82. The summed E-state index contributed by atoms with van der Waals surface area (Å²) in [6.45, 7) is 1.87. The Hall–Kier alpha value is -0.570. The molecule has 0 saturated carbocycles. The lowest BCUT2D eigenvalue weighted by Gasteiger charge is -2.04. The highest BCUT2D eigenvalue weighted by atomic mass is 16.2. The van der Waals surface area contributed by atoms with E-state index in [0.717, 1.165) is 0 Å². The van der Waals surface area contributed by atoms with Crippen molar-refractivity contribution in [3.63, 3.8) is 0 Å². The molecule has 0 radical (unpaired) electrons. The molecule has 3 heteroatoms. The summed E-state index contributed by atoms with van der Waals surface area (Å²) in [5, 5.41) is 2.45. The van der Waals surface area contributed by atoms with Gasteiger partial charge in [-0.15, -0.1) is 0 Å². The van der Waals surface area contributed by atoms with E-state index in [0.29, 0.717) is 6.42 Å². The number of nitrogens with two attached hydrogens (primary N) is 1. The SMILES string of the molecule is CCC(N)C(=O)NC. The molecular formula is C5H12N2O. The number of rotatable bonds is 2. The smallest absolute Gasteiger partial charge is 0.236 e. The summed E-state index contributed by atoms with van der Waals surface area (Å²) in [4.78, 5) is 10.5. The number of amides is 1. The molecule has 0 aliphatic heterocycles. The van der Waals surface area contributed by atoms with Crippen molar-refractivity contribution in [1.29, 1.82) is 0 Å². The molecule has 3 nitrogen and oxygen atoms in total. The molecule has 0 aromatic carbocycles. The van der Waals surface area contributed by atoms with Crippen LogP contribution in [0.5, 0.6) is 0 Å². The molecule has 1 unspecified atom stereocenters. The van der Waals surface area contributed by atoms with E-state index >= 15 is 0 Å². The number of carbonyl (C=O) groups excluding carboxylic acids is 1. The molecule has 0 saturated heterocycles. The van der Waals surface area contributed by atoms with E-state index < -0.39 is 0 Å². The van der Waals surface area contributed by atoms with Gasteiger partial charge in [0.15, 0.2) is 0 Å². The number of hydrogen-bond acceptors (Lipinski definition) is 2. The van der Waals surface area contributed by atoms with E-state index in [1.54, 1.807) is 7.05 Å². The van der Waals surface area contributed by atoms with Crippen molar-refractivity contribution in [3.8, 4) is 0 Å². The van der Waals surface area contributed by atoms with Crippen molar-refractivity contribution in [2.45, 2.75) is 19.4 Å². The first-order valence-electron chi connectivity index (χ1n) is 2.69. The van der Waals surface area contributed by atoms with Crippen LogP contribution in [0.15, 0.2) is 0 Å². The minimum atomic E-state index is -0.333. The number of likely N-dealkylation sites (N-methyl/N-ethyl adjacent to an activating group) is 1. The molecule has 0 aliphatic carbocycles. The standard InChI is InChI=1S/C5H12N2O/c1-3-4(6)5(8)7-2/h4H,3,6H2,1-2H3,(H,7,8). The normalized spacial score (nSPS) is 12.9. The van der Waals surface area contributed by atoms with Crippen molar-refractivity contribution in [2.24, 2.45) is 5.73 Å². The van der Waals surface area contributed by atoms with E-state index in [9.17, 15) is 4.79 Å². The van der Waals surface area contributed by atoms with Crippen LogP contribution in [0.4, 0.5) is 0 Å². The predicted octanol–water partition coefficient (Wildman–Crippen LogP) is -0.530.